The van der Waals surface area contributed by atoms with Gasteiger partial charge in [0.15, 0.2) is 5.41 Å². The summed E-state index contributed by atoms with van der Waals surface area (Å²) in [7, 11) is 0. The van der Waals surface area contributed by atoms with Crippen molar-refractivity contribution in [3.05, 3.63) is 64.7 Å². The monoisotopic (exact) mass is 448 g/mol. The molecule has 2 fully saturated rings. The van der Waals surface area contributed by atoms with Crippen LogP contribution in [0.3, 0.4) is 0 Å². The number of nitrogens with one attached hydrogen (secondary N) is 1. The highest BCUT2D eigenvalue weighted by atomic mass is 35.5. The third kappa shape index (κ3) is 2.57. The van der Waals surface area contributed by atoms with Crippen LogP contribution in [-0.2, 0) is 15.3 Å². The van der Waals surface area contributed by atoms with Crippen LogP contribution in [0.1, 0.15) is 24.2 Å². The fourth-order valence-corrected chi connectivity index (χ4v) is 5.16. The first-order valence-corrected chi connectivity index (χ1v) is 11.0. The molecule has 154 valence electrons. The number of thioether (sulfide) groups is 1. The Hall–Kier alpha value is -3.02. The summed E-state index contributed by atoms with van der Waals surface area (Å²) in [5.74, 6) is -2.76. The van der Waals surface area contributed by atoms with Crippen molar-refractivity contribution in [3.8, 4) is 18.2 Å². The molecule has 0 amide bonds. The van der Waals surface area contributed by atoms with Gasteiger partial charge < -0.3 is 9.47 Å². The Bertz CT molecular complexity index is 1160. The Morgan fingerprint density at radius 2 is 1.61 bits per heavy atom. The second kappa shape index (κ2) is 7.29. The normalized spacial score (nSPS) is 30.5. The molecule has 2 aliphatic heterocycles. The van der Waals surface area contributed by atoms with Gasteiger partial charge in [0.2, 0.25) is 17.1 Å². The molecule has 4 unspecified atom stereocenters. The van der Waals surface area contributed by atoms with Crippen molar-refractivity contribution in [1.82, 2.24) is 0 Å². The van der Waals surface area contributed by atoms with Gasteiger partial charge in [0.05, 0.1) is 24.1 Å². The number of halogens is 1. The molecule has 0 aromatic heterocycles. The number of nitriles is 3. The summed E-state index contributed by atoms with van der Waals surface area (Å²) in [6, 6.07) is 20.2. The van der Waals surface area contributed by atoms with E-state index in [0.717, 1.165) is 4.90 Å². The van der Waals surface area contributed by atoms with Crippen LogP contribution in [-0.4, -0.2) is 12.2 Å². The van der Waals surface area contributed by atoms with Crippen LogP contribution in [0.25, 0.3) is 0 Å². The van der Waals surface area contributed by atoms with E-state index >= 15 is 0 Å². The molecule has 4 rings (SSSR count). The molecule has 2 aliphatic rings. The van der Waals surface area contributed by atoms with Gasteiger partial charge in [0, 0.05) is 15.5 Å². The predicted molar refractivity (Wildman–Crippen MR) is 115 cm³/mol. The molecule has 31 heavy (non-hydrogen) atoms. The average molecular weight is 449 g/mol. The first-order valence-electron chi connectivity index (χ1n) is 9.45. The molecule has 0 saturated carbocycles. The smallest absolute Gasteiger partial charge is 0.244 e. The van der Waals surface area contributed by atoms with Gasteiger partial charge in [-0.15, -0.1) is 11.8 Å². The lowest BCUT2D eigenvalue weighted by Gasteiger charge is -2.48. The molecular weight excluding hydrogens is 432 g/mol. The predicted octanol–water partition coefficient (Wildman–Crippen LogP) is 5.17. The molecule has 0 radical (unpaired) electrons. The third-order valence-corrected chi connectivity index (χ3v) is 7.33. The van der Waals surface area contributed by atoms with Gasteiger partial charge in [-0.2, -0.15) is 15.8 Å². The quantitative estimate of drug-likeness (QED) is 0.647. The second-order valence-electron chi connectivity index (χ2n) is 7.55. The highest BCUT2D eigenvalue weighted by Crippen LogP contribution is 2.68. The molecular formula is C23H17ClN4O2S. The van der Waals surface area contributed by atoms with E-state index in [1.807, 2.05) is 30.5 Å². The summed E-state index contributed by atoms with van der Waals surface area (Å²) in [6.45, 7) is 1.68. The van der Waals surface area contributed by atoms with E-state index < -0.39 is 34.5 Å². The first-order chi connectivity index (χ1) is 14.8. The minimum absolute atomic E-state index is 0.441. The Labute approximate surface area is 189 Å². The van der Waals surface area contributed by atoms with Crippen LogP contribution < -0.4 is 0 Å². The molecule has 0 spiro atoms. The van der Waals surface area contributed by atoms with Gasteiger partial charge in [0.25, 0.3) is 0 Å². The second-order valence-corrected chi connectivity index (χ2v) is 8.87. The zero-order valence-corrected chi connectivity index (χ0v) is 18.3. The van der Waals surface area contributed by atoms with Crippen molar-refractivity contribution < 1.29 is 9.47 Å². The summed E-state index contributed by atoms with van der Waals surface area (Å²) in [4.78, 5) is 1.00. The number of hydrogen-bond donors (Lipinski definition) is 1. The molecule has 2 saturated heterocycles. The Balaban J connectivity index is 2.00. The maximum absolute atomic E-state index is 10.3. The van der Waals surface area contributed by atoms with Crippen LogP contribution >= 0.6 is 23.4 Å². The molecule has 1 N–H and O–H groups in total. The molecule has 4 atom stereocenters. The minimum Gasteiger partial charge on any atom is -0.443 e. The van der Waals surface area contributed by atoms with Gasteiger partial charge in [-0.25, -0.2) is 0 Å². The SMILES string of the molecule is CSc1ccc(C2OC3(c4ccc(Cl)cc4)OC(=N)C(C#N)(C3C)C2(C#N)C#N)cc1. The third-order valence-electron chi connectivity index (χ3n) is 6.33. The molecule has 6 nitrogen and oxygen atoms in total. The number of nitrogens with zero attached hydrogens (tertiary/aromatic N) is 3. The van der Waals surface area contributed by atoms with Crippen molar-refractivity contribution in [1.29, 1.82) is 21.2 Å². The van der Waals surface area contributed by atoms with Gasteiger partial charge in [-0.3, -0.25) is 5.41 Å². The van der Waals surface area contributed by atoms with E-state index in [9.17, 15) is 15.8 Å². The van der Waals surface area contributed by atoms with E-state index in [-0.39, 0.29) is 0 Å². The maximum Gasteiger partial charge on any atom is 0.244 e. The van der Waals surface area contributed by atoms with Crippen molar-refractivity contribution in [2.45, 2.75) is 23.7 Å². The van der Waals surface area contributed by atoms with Crippen LogP contribution in [0.15, 0.2) is 53.4 Å². The highest BCUT2D eigenvalue weighted by Gasteiger charge is 2.79. The molecule has 2 heterocycles. The fraction of sp³-hybridized carbons (Fsp3) is 0.304. The van der Waals surface area contributed by atoms with Crippen molar-refractivity contribution >= 4 is 29.3 Å². The lowest BCUT2D eigenvalue weighted by molar-refractivity contribution is -0.288. The standard InChI is InChI=1S/C23H17ClN4O2S/c1-14-22(13-27)20(28)30-23(14,16-5-7-17(24)8-6-16)29-19(21(22,11-25)12-26)15-3-9-18(31-2)10-4-15/h3-10,14,19,28H,1-2H3. The van der Waals surface area contributed by atoms with E-state index in [1.165, 1.54) is 0 Å². The summed E-state index contributed by atoms with van der Waals surface area (Å²) in [6.07, 6.45) is 0.825. The number of benzene rings is 2. The lowest BCUT2D eigenvalue weighted by Crippen LogP contribution is -2.57. The Kier molecular flexibility index (Phi) is 4.99. The van der Waals surface area contributed by atoms with E-state index in [0.29, 0.717) is 16.1 Å². The maximum atomic E-state index is 10.3. The number of hydrogen-bond acceptors (Lipinski definition) is 7. The zero-order valence-electron chi connectivity index (χ0n) is 16.7. The summed E-state index contributed by atoms with van der Waals surface area (Å²) >= 11 is 7.60. The van der Waals surface area contributed by atoms with Crippen molar-refractivity contribution in [3.63, 3.8) is 0 Å². The number of ether oxygens (including phenoxy) is 2. The minimum atomic E-state index is -1.98. The van der Waals surface area contributed by atoms with Crippen LogP contribution in [0.4, 0.5) is 0 Å². The topological polar surface area (TPSA) is 114 Å². The van der Waals surface area contributed by atoms with Gasteiger partial charge in [-0.1, -0.05) is 42.8 Å². The van der Waals surface area contributed by atoms with Crippen LogP contribution in [0.5, 0.6) is 0 Å². The van der Waals surface area contributed by atoms with Crippen molar-refractivity contribution in [2.75, 3.05) is 6.26 Å². The van der Waals surface area contributed by atoms with Gasteiger partial charge >= 0.3 is 0 Å². The van der Waals surface area contributed by atoms with Gasteiger partial charge in [0.1, 0.15) is 6.10 Å². The molecule has 8 heteroatoms. The summed E-state index contributed by atoms with van der Waals surface area (Å²) in [5.41, 5.74) is -2.69. The molecule has 2 aromatic rings. The summed E-state index contributed by atoms with van der Waals surface area (Å²) in [5, 5.41) is 39.9. The van der Waals surface area contributed by atoms with E-state index in [1.54, 1.807) is 55.1 Å². The average Bonchev–Trinajstić information content (AvgIpc) is 2.96. The van der Waals surface area contributed by atoms with E-state index in [2.05, 4.69) is 6.07 Å². The largest absolute Gasteiger partial charge is 0.443 e. The Morgan fingerprint density at radius 3 is 2.13 bits per heavy atom. The summed E-state index contributed by atoms with van der Waals surface area (Å²) < 4.78 is 12.4. The highest BCUT2D eigenvalue weighted by molar-refractivity contribution is 7.98. The zero-order chi connectivity index (χ0) is 22.4. The van der Waals surface area contributed by atoms with Crippen molar-refractivity contribution in [2.24, 2.45) is 16.7 Å². The first kappa shape index (κ1) is 21.2. The Morgan fingerprint density at radius 1 is 1.00 bits per heavy atom. The molecule has 2 bridgehead atoms. The van der Waals surface area contributed by atoms with Crippen LogP contribution in [0.2, 0.25) is 5.02 Å². The fourth-order valence-electron chi connectivity index (χ4n) is 4.63. The number of fused-ring (bicyclic) bond motifs is 2. The van der Waals surface area contributed by atoms with Gasteiger partial charge in [-0.05, 0) is 36.1 Å². The molecule has 2 aromatic carbocycles. The lowest BCUT2D eigenvalue weighted by atomic mass is 9.53. The number of rotatable bonds is 3. The molecule has 0 aliphatic carbocycles. The van der Waals surface area contributed by atoms with Crippen LogP contribution in [0, 0.1) is 56.2 Å². The van der Waals surface area contributed by atoms with E-state index in [4.69, 9.17) is 26.5 Å².